The van der Waals surface area contributed by atoms with Crippen molar-refractivity contribution in [3.05, 3.63) is 48.4 Å². The van der Waals surface area contributed by atoms with E-state index in [1.807, 2.05) is 37.3 Å². The fourth-order valence-corrected chi connectivity index (χ4v) is 3.38. The van der Waals surface area contributed by atoms with Gasteiger partial charge in [0, 0.05) is 24.3 Å². The first-order valence-corrected chi connectivity index (χ1v) is 9.23. The van der Waals surface area contributed by atoms with Gasteiger partial charge in [-0.25, -0.2) is 9.97 Å². The molecule has 0 atom stereocenters. The largest absolute Gasteiger partial charge is 0.367 e. The molecule has 1 amide bonds. The van der Waals surface area contributed by atoms with Crippen LogP contribution in [-0.4, -0.2) is 28.5 Å². The van der Waals surface area contributed by atoms with Crippen molar-refractivity contribution in [1.29, 1.82) is 0 Å². The van der Waals surface area contributed by atoms with E-state index < -0.39 is 0 Å². The van der Waals surface area contributed by atoms with Crippen molar-refractivity contribution in [2.75, 3.05) is 16.8 Å². The van der Waals surface area contributed by atoms with Crippen LogP contribution in [0.25, 0.3) is 0 Å². The third-order valence-corrected chi connectivity index (χ3v) is 4.72. The number of para-hydroxylation sites is 1. The van der Waals surface area contributed by atoms with E-state index in [4.69, 9.17) is 0 Å². The highest BCUT2D eigenvalue weighted by Crippen LogP contribution is 2.21. The Kier molecular flexibility index (Phi) is 5.99. The number of anilines is 2. The van der Waals surface area contributed by atoms with Gasteiger partial charge in [-0.05, 0) is 31.9 Å². The van der Waals surface area contributed by atoms with Crippen molar-refractivity contribution >= 4 is 17.4 Å². The zero-order valence-corrected chi connectivity index (χ0v) is 14.8. The highest BCUT2D eigenvalue weighted by atomic mass is 16.2. The predicted octanol–water partition coefficient (Wildman–Crippen LogP) is 4.28. The normalized spacial score (nSPS) is 15.4. The summed E-state index contributed by atoms with van der Waals surface area (Å²) in [5.41, 5.74) is 1.31. The summed E-state index contributed by atoms with van der Waals surface area (Å²) in [4.78, 5) is 23.1. The van der Waals surface area contributed by atoms with Crippen LogP contribution in [0.2, 0.25) is 0 Å². The molecule has 2 aromatic rings. The highest BCUT2D eigenvalue weighted by molar-refractivity contribution is 6.05. The summed E-state index contributed by atoms with van der Waals surface area (Å²) in [5.74, 6) is 0.648. The molecule has 0 saturated heterocycles. The molecule has 132 valence electrons. The summed E-state index contributed by atoms with van der Waals surface area (Å²) in [6, 6.07) is 11.9. The molecule has 0 spiro atoms. The number of aromatic nitrogens is 2. The quantitative estimate of drug-likeness (QED) is 0.827. The zero-order chi connectivity index (χ0) is 17.5. The smallest absolute Gasteiger partial charge is 0.277 e. The first kappa shape index (κ1) is 17.4. The average Bonchev–Trinajstić information content (AvgIpc) is 2.92. The van der Waals surface area contributed by atoms with E-state index in [1.165, 1.54) is 44.9 Å². The molecule has 0 radical (unpaired) electrons. The van der Waals surface area contributed by atoms with Gasteiger partial charge in [-0.2, -0.15) is 0 Å². The Bertz CT molecular complexity index is 681. The van der Waals surface area contributed by atoms with Crippen LogP contribution in [0, 0.1) is 0 Å². The maximum atomic E-state index is 12.9. The van der Waals surface area contributed by atoms with E-state index in [9.17, 15) is 4.79 Å². The van der Waals surface area contributed by atoms with Crippen molar-refractivity contribution < 1.29 is 4.79 Å². The number of carbonyl (C=O) groups is 1. The third kappa shape index (κ3) is 4.56. The Hall–Kier alpha value is -2.43. The van der Waals surface area contributed by atoms with E-state index in [0.29, 0.717) is 18.3 Å². The SMILES string of the molecule is CCN(C(=O)c1cc(NC2CCCCCC2)ncn1)c1ccccc1. The summed E-state index contributed by atoms with van der Waals surface area (Å²) in [6.45, 7) is 2.56. The molecule has 1 aliphatic carbocycles. The topological polar surface area (TPSA) is 58.1 Å². The number of nitrogens with zero attached hydrogens (tertiary/aromatic N) is 3. The second kappa shape index (κ2) is 8.60. The molecule has 1 N–H and O–H groups in total. The van der Waals surface area contributed by atoms with E-state index in [2.05, 4.69) is 15.3 Å². The Morgan fingerprint density at radius 1 is 1.12 bits per heavy atom. The van der Waals surface area contributed by atoms with Crippen LogP contribution in [0.3, 0.4) is 0 Å². The molecule has 3 rings (SSSR count). The molecule has 1 aromatic carbocycles. The van der Waals surface area contributed by atoms with Gasteiger partial charge in [-0.15, -0.1) is 0 Å². The fourth-order valence-electron chi connectivity index (χ4n) is 3.38. The minimum absolute atomic E-state index is 0.0972. The maximum absolute atomic E-state index is 12.9. The minimum atomic E-state index is -0.0972. The van der Waals surface area contributed by atoms with Crippen LogP contribution in [0.15, 0.2) is 42.7 Å². The monoisotopic (exact) mass is 338 g/mol. The molecule has 1 aliphatic rings. The van der Waals surface area contributed by atoms with Gasteiger partial charge in [0.1, 0.15) is 17.8 Å². The number of rotatable bonds is 5. The van der Waals surface area contributed by atoms with Crippen molar-refractivity contribution in [1.82, 2.24) is 9.97 Å². The molecular weight excluding hydrogens is 312 g/mol. The van der Waals surface area contributed by atoms with E-state index in [1.54, 1.807) is 11.0 Å². The van der Waals surface area contributed by atoms with Gasteiger partial charge >= 0.3 is 0 Å². The number of benzene rings is 1. The molecule has 0 bridgehead atoms. The lowest BCUT2D eigenvalue weighted by Gasteiger charge is -2.21. The Labute approximate surface area is 149 Å². The molecule has 0 aliphatic heterocycles. The first-order valence-electron chi connectivity index (χ1n) is 9.23. The van der Waals surface area contributed by atoms with Crippen LogP contribution in [0.1, 0.15) is 55.9 Å². The molecule has 5 nitrogen and oxygen atoms in total. The lowest BCUT2D eigenvalue weighted by Crippen LogP contribution is -2.31. The van der Waals surface area contributed by atoms with Gasteiger partial charge < -0.3 is 10.2 Å². The Morgan fingerprint density at radius 2 is 1.84 bits per heavy atom. The number of hydrogen-bond acceptors (Lipinski definition) is 4. The maximum Gasteiger partial charge on any atom is 0.277 e. The molecule has 1 aromatic heterocycles. The first-order chi connectivity index (χ1) is 12.3. The van der Waals surface area contributed by atoms with Crippen LogP contribution < -0.4 is 10.2 Å². The van der Waals surface area contributed by atoms with Crippen molar-refractivity contribution in [3.63, 3.8) is 0 Å². The van der Waals surface area contributed by atoms with Crippen molar-refractivity contribution in [2.24, 2.45) is 0 Å². The van der Waals surface area contributed by atoms with Gasteiger partial charge in [0.25, 0.3) is 5.91 Å². The minimum Gasteiger partial charge on any atom is -0.367 e. The fraction of sp³-hybridized carbons (Fsp3) is 0.450. The summed E-state index contributed by atoms with van der Waals surface area (Å²) in [7, 11) is 0. The molecule has 5 heteroatoms. The standard InChI is InChI=1S/C20H26N4O/c1-2-24(17-12-8-5-9-13-17)20(25)18-14-19(22-15-21-18)23-16-10-6-3-4-7-11-16/h5,8-9,12-16H,2-4,6-7,10-11H2,1H3,(H,21,22,23). The zero-order valence-electron chi connectivity index (χ0n) is 14.8. The van der Waals surface area contributed by atoms with E-state index in [-0.39, 0.29) is 5.91 Å². The van der Waals surface area contributed by atoms with Crippen LogP contribution in [0.4, 0.5) is 11.5 Å². The Morgan fingerprint density at radius 3 is 2.52 bits per heavy atom. The summed E-state index contributed by atoms with van der Waals surface area (Å²) >= 11 is 0. The third-order valence-electron chi connectivity index (χ3n) is 4.72. The van der Waals surface area contributed by atoms with Crippen LogP contribution in [-0.2, 0) is 0 Å². The van der Waals surface area contributed by atoms with Gasteiger partial charge in [0.05, 0.1) is 0 Å². The summed E-state index contributed by atoms with van der Waals surface area (Å²) in [5, 5.41) is 3.49. The Balaban J connectivity index is 1.74. The molecule has 1 heterocycles. The number of nitrogens with one attached hydrogen (secondary N) is 1. The van der Waals surface area contributed by atoms with Crippen molar-refractivity contribution in [2.45, 2.75) is 51.5 Å². The van der Waals surface area contributed by atoms with E-state index >= 15 is 0 Å². The van der Waals surface area contributed by atoms with Gasteiger partial charge in [0.15, 0.2) is 0 Å². The van der Waals surface area contributed by atoms with Crippen LogP contribution >= 0.6 is 0 Å². The lowest BCUT2D eigenvalue weighted by molar-refractivity contribution is 0.0983. The van der Waals surface area contributed by atoms with Crippen molar-refractivity contribution in [3.8, 4) is 0 Å². The second-order valence-corrected chi connectivity index (χ2v) is 6.51. The second-order valence-electron chi connectivity index (χ2n) is 6.51. The van der Waals surface area contributed by atoms with Crippen LogP contribution in [0.5, 0.6) is 0 Å². The molecular formula is C20H26N4O. The number of amides is 1. The summed E-state index contributed by atoms with van der Waals surface area (Å²) < 4.78 is 0. The van der Waals surface area contributed by atoms with Gasteiger partial charge in [-0.1, -0.05) is 43.9 Å². The molecule has 25 heavy (non-hydrogen) atoms. The number of hydrogen-bond donors (Lipinski definition) is 1. The average molecular weight is 338 g/mol. The highest BCUT2D eigenvalue weighted by Gasteiger charge is 2.19. The lowest BCUT2D eigenvalue weighted by atomic mass is 10.1. The van der Waals surface area contributed by atoms with E-state index in [0.717, 1.165) is 11.5 Å². The molecule has 1 saturated carbocycles. The predicted molar refractivity (Wildman–Crippen MR) is 101 cm³/mol. The molecule has 1 fully saturated rings. The molecule has 0 unspecified atom stereocenters. The number of carbonyl (C=O) groups excluding carboxylic acids is 1. The van der Waals surface area contributed by atoms with Gasteiger partial charge in [0.2, 0.25) is 0 Å². The van der Waals surface area contributed by atoms with Gasteiger partial charge in [-0.3, -0.25) is 4.79 Å². The summed E-state index contributed by atoms with van der Waals surface area (Å²) in [6.07, 6.45) is 8.95.